The van der Waals surface area contributed by atoms with Crippen molar-refractivity contribution in [3.8, 4) is 46.0 Å². The molecule has 0 fully saturated rings. The van der Waals surface area contributed by atoms with Gasteiger partial charge in [-0.05, 0) is 83.6 Å². The van der Waals surface area contributed by atoms with Gasteiger partial charge in [0.2, 0.25) is 11.8 Å². The average Bonchev–Trinajstić information content (AvgIpc) is 3.39. The molecule has 4 unspecified atom stereocenters. The number of quaternary nitrogens is 2. The van der Waals surface area contributed by atoms with Crippen LogP contribution in [0.3, 0.4) is 0 Å². The number of carbonyl (C=O) groups is 2. The van der Waals surface area contributed by atoms with Crippen LogP contribution in [0.4, 0.5) is 0 Å². The summed E-state index contributed by atoms with van der Waals surface area (Å²) in [6.45, 7) is -3.29. The number of carbonyl (C=O) groups excluding carboxylic acids is 2. The van der Waals surface area contributed by atoms with Crippen molar-refractivity contribution in [2.24, 2.45) is 0 Å². The number of ether oxygens (including phenoxy) is 8. The van der Waals surface area contributed by atoms with Crippen molar-refractivity contribution >= 4 is 11.8 Å². The largest absolute Gasteiger partial charge is 0.493 e. The standard InChI is InChI=1S/C54H74N4O10/c1-57(25-19-39-33-49(65-7)51(67-9)35-41(39)43(57)29-37-15-17-45(61-3)47(31-37)63-5)27-21-53(59)55-23-13-11-12-14-24-56-54(60)22-28-58(2)26-20-40-34-50(66-8)52(68-10)36-42(40)44(58)30-38-16-18-46(62-4)48(32-38)64-6/h15-18,31-36,43-44H,11-14,19-30H2,1-10H3/p+2/i1D3,2D3. The molecule has 4 aromatic rings. The van der Waals surface area contributed by atoms with Crippen LogP contribution in [0.5, 0.6) is 46.0 Å². The third-order valence-electron chi connectivity index (χ3n) is 13.7. The minimum absolute atomic E-state index is 0.0175. The van der Waals surface area contributed by atoms with Crippen molar-refractivity contribution in [2.45, 2.75) is 76.3 Å². The van der Waals surface area contributed by atoms with E-state index < -0.39 is 26.0 Å². The fraction of sp³-hybridized carbons (Fsp3) is 0.519. The Morgan fingerprint density at radius 2 is 0.853 bits per heavy atom. The third kappa shape index (κ3) is 12.2. The van der Waals surface area contributed by atoms with E-state index in [9.17, 15) is 9.59 Å². The highest BCUT2D eigenvalue weighted by atomic mass is 16.5. The molecule has 2 heterocycles. The highest BCUT2D eigenvalue weighted by Crippen LogP contribution is 2.45. The zero-order valence-electron chi connectivity index (χ0n) is 47.2. The molecule has 0 aliphatic carbocycles. The van der Waals surface area contributed by atoms with Crippen molar-refractivity contribution < 1.29 is 64.7 Å². The Balaban J connectivity index is 1.04. The van der Waals surface area contributed by atoms with Crippen LogP contribution in [0.25, 0.3) is 0 Å². The molecule has 0 bridgehead atoms. The average molecular weight is 947 g/mol. The first kappa shape index (κ1) is 43.4. The molecule has 2 aliphatic heterocycles. The van der Waals surface area contributed by atoms with Crippen LogP contribution in [0.15, 0.2) is 60.7 Å². The number of amides is 2. The van der Waals surface area contributed by atoms with Crippen LogP contribution in [0.2, 0.25) is 0 Å². The summed E-state index contributed by atoms with van der Waals surface area (Å²) in [6, 6.07) is 17.7. The summed E-state index contributed by atoms with van der Waals surface area (Å²) in [6.07, 6.45) is 4.70. The van der Waals surface area contributed by atoms with Gasteiger partial charge in [-0.15, -0.1) is 0 Å². The molecule has 0 saturated heterocycles. The lowest BCUT2D eigenvalue weighted by Gasteiger charge is -2.46. The molecule has 6 rings (SSSR count). The number of rotatable bonds is 25. The van der Waals surface area contributed by atoms with E-state index >= 15 is 0 Å². The Morgan fingerprint density at radius 3 is 1.21 bits per heavy atom. The Kier molecular flexibility index (Phi) is 15.3. The van der Waals surface area contributed by atoms with Gasteiger partial charge in [0.25, 0.3) is 0 Å². The van der Waals surface area contributed by atoms with Gasteiger partial charge in [-0.3, -0.25) is 9.59 Å². The van der Waals surface area contributed by atoms with Crippen molar-refractivity contribution in [1.29, 1.82) is 0 Å². The first-order valence-corrected chi connectivity index (χ1v) is 23.5. The Labute approximate surface area is 412 Å². The van der Waals surface area contributed by atoms with Crippen LogP contribution in [-0.4, -0.2) is 131 Å². The van der Waals surface area contributed by atoms with Gasteiger partial charge in [-0.2, -0.15) is 0 Å². The number of nitrogens with one attached hydrogen (secondary N) is 2. The van der Waals surface area contributed by atoms with E-state index in [-0.39, 0.29) is 46.7 Å². The van der Waals surface area contributed by atoms with Crippen molar-refractivity contribution in [1.82, 2.24) is 10.6 Å². The van der Waals surface area contributed by atoms with Gasteiger partial charge in [0, 0.05) is 49.9 Å². The number of hydrogen-bond donors (Lipinski definition) is 2. The Bertz CT molecular complexity index is 2390. The maximum atomic E-state index is 13.5. The first-order chi connectivity index (χ1) is 35.4. The molecular weight excluding hydrogens is 865 g/mol. The molecule has 0 radical (unpaired) electrons. The smallest absolute Gasteiger partial charge is 0.225 e. The summed E-state index contributed by atoms with van der Waals surface area (Å²) in [7, 11) is 12.5. The molecule has 2 amide bonds. The van der Waals surface area contributed by atoms with Crippen molar-refractivity contribution in [3.05, 3.63) is 94.0 Å². The fourth-order valence-electron chi connectivity index (χ4n) is 9.82. The summed E-state index contributed by atoms with van der Waals surface area (Å²) < 4.78 is 98.0. The van der Waals surface area contributed by atoms with Gasteiger partial charge in [-0.1, -0.05) is 25.0 Å². The lowest BCUT2D eigenvalue weighted by atomic mass is 9.86. The van der Waals surface area contributed by atoms with Crippen LogP contribution >= 0.6 is 0 Å². The number of benzene rings is 4. The number of methoxy groups -OCH3 is 8. The quantitative estimate of drug-likeness (QED) is 0.0506. The van der Waals surface area contributed by atoms with Gasteiger partial charge < -0.3 is 57.5 Å². The van der Waals surface area contributed by atoms with Crippen LogP contribution < -0.4 is 48.5 Å². The fourth-order valence-corrected chi connectivity index (χ4v) is 9.82. The van der Waals surface area contributed by atoms with Crippen LogP contribution in [-0.2, 0) is 35.3 Å². The molecule has 68 heavy (non-hydrogen) atoms. The Morgan fingerprint density at radius 1 is 0.500 bits per heavy atom. The molecule has 0 spiro atoms. The maximum Gasteiger partial charge on any atom is 0.225 e. The first-order valence-electron chi connectivity index (χ1n) is 26.5. The highest BCUT2D eigenvalue weighted by Gasteiger charge is 2.42. The Hall–Kier alpha value is -5.86. The molecule has 370 valence electrons. The van der Waals surface area contributed by atoms with Gasteiger partial charge in [0.15, 0.2) is 46.0 Å². The van der Waals surface area contributed by atoms with Crippen molar-refractivity contribution in [3.63, 3.8) is 0 Å². The molecule has 2 N–H and O–H groups in total. The minimum Gasteiger partial charge on any atom is -0.493 e. The van der Waals surface area contributed by atoms with Gasteiger partial charge in [0.1, 0.15) is 12.1 Å². The zero-order valence-corrected chi connectivity index (χ0v) is 41.2. The predicted molar refractivity (Wildman–Crippen MR) is 264 cm³/mol. The SMILES string of the molecule is [2H]C([2H])([2H])[N+]1(CCC(=O)NCCCCCCNC(=O)CC[N+]2(C([2H])([2H])[2H])CCc3cc(OC)c(OC)cc3C2Cc2ccc(OC)c(OC)c2)CCc2cc(OC)c(OC)cc2C1Cc1ccc(OC)c(OC)c1. The maximum absolute atomic E-state index is 13.5. The number of unbranched alkanes of at least 4 members (excludes halogenated alkanes) is 3. The predicted octanol–water partition coefficient (Wildman–Crippen LogP) is 7.60. The summed E-state index contributed by atoms with van der Waals surface area (Å²) in [5.41, 5.74) is 5.34. The summed E-state index contributed by atoms with van der Waals surface area (Å²) in [5, 5.41) is 6.03. The van der Waals surface area contributed by atoms with Crippen molar-refractivity contribution in [2.75, 3.05) is 110 Å². The molecule has 14 nitrogen and oxygen atoms in total. The van der Waals surface area contributed by atoms with E-state index in [0.29, 0.717) is 111 Å². The van der Waals surface area contributed by atoms with E-state index in [0.717, 1.165) is 46.2 Å². The molecule has 4 atom stereocenters. The number of hydrogen-bond acceptors (Lipinski definition) is 10. The van der Waals surface area contributed by atoms with E-state index in [4.69, 9.17) is 46.1 Å². The molecule has 0 saturated carbocycles. The second-order valence-electron chi connectivity index (χ2n) is 17.7. The van der Waals surface area contributed by atoms with Gasteiger partial charge in [0.05, 0.1) is 118 Å². The highest BCUT2D eigenvalue weighted by molar-refractivity contribution is 5.76. The van der Waals surface area contributed by atoms with Crippen LogP contribution in [0, 0.1) is 0 Å². The molecule has 14 heteroatoms. The minimum atomic E-state index is -2.46. The molecule has 2 aliphatic rings. The number of likely N-dealkylation sites (N-methyl/N-ethyl adjacent to an activating group) is 2. The third-order valence-corrected chi connectivity index (χ3v) is 13.7. The molecule has 0 aromatic heterocycles. The van der Waals surface area contributed by atoms with E-state index in [1.165, 1.54) is 0 Å². The summed E-state index contributed by atoms with van der Waals surface area (Å²) in [4.78, 5) is 27.0. The zero-order chi connectivity index (χ0) is 53.8. The lowest BCUT2D eigenvalue weighted by Crippen LogP contribution is -2.53. The summed E-state index contributed by atoms with van der Waals surface area (Å²) >= 11 is 0. The second-order valence-corrected chi connectivity index (χ2v) is 17.7. The second kappa shape index (κ2) is 23.9. The lowest BCUT2D eigenvalue weighted by molar-refractivity contribution is -0.940. The molecule has 4 aromatic carbocycles. The monoisotopic (exact) mass is 947 g/mol. The normalized spacial score (nSPS) is 21.1. The van der Waals surface area contributed by atoms with E-state index in [1.54, 1.807) is 56.9 Å². The van der Waals surface area contributed by atoms with Gasteiger partial charge in [-0.25, -0.2) is 0 Å². The summed E-state index contributed by atoms with van der Waals surface area (Å²) in [5.74, 6) is 3.90. The van der Waals surface area contributed by atoms with E-state index in [2.05, 4.69) is 10.6 Å². The topological polar surface area (TPSA) is 132 Å². The van der Waals surface area contributed by atoms with Gasteiger partial charge >= 0.3 is 0 Å². The number of fused-ring (bicyclic) bond motifs is 2. The van der Waals surface area contributed by atoms with Crippen LogP contribution in [0.1, 0.15) is 92.2 Å². The molecular formula is C54H76N4O10+2. The van der Waals surface area contributed by atoms with E-state index in [1.807, 2.05) is 60.7 Å². The number of nitrogens with zero attached hydrogens (tertiary/aromatic N) is 2.